The highest BCUT2D eigenvalue weighted by molar-refractivity contribution is 5.70. The molecule has 1 aromatic heterocycles. The zero-order valence-corrected chi connectivity index (χ0v) is 12.2. The Morgan fingerprint density at radius 3 is 2.29 bits per heavy atom. The molecule has 3 rings (SSSR count). The normalized spacial score (nSPS) is 10.8. The number of para-hydroxylation sites is 1. The minimum absolute atomic E-state index is 0.269. The fourth-order valence-corrected chi connectivity index (χ4v) is 2.42. The van der Waals surface area contributed by atoms with Crippen LogP contribution in [0, 0.1) is 6.92 Å². The Morgan fingerprint density at radius 1 is 1.00 bits per heavy atom. The number of aromatic hydroxyl groups is 1. The highest BCUT2D eigenvalue weighted by atomic mass is 16.3. The van der Waals surface area contributed by atoms with E-state index < -0.39 is 0 Å². The number of nitrogens with zero attached hydrogens (tertiary/aromatic N) is 2. The Morgan fingerprint density at radius 2 is 1.67 bits per heavy atom. The quantitative estimate of drug-likeness (QED) is 0.782. The zero-order chi connectivity index (χ0) is 14.8. The third-order valence-electron chi connectivity index (χ3n) is 3.59. The summed E-state index contributed by atoms with van der Waals surface area (Å²) < 4.78 is 1.82. The lowest BCUT2D eigenvalue weighted by atomic mass is 10.1. The van der Waals surface area contributed by atoms with Gasteiger partial charge in [-0.15, -0.1) is 0 Å². The molecular formula is C18H18N2O. The first-order valence-electron chi connectivity index (χ1n) is 7.14. The highest BCUT2D eigenvalue weighted by Crippen LogP contribution is 2.34. The van der Waals surface area contributed by atoms with E-state index in [0.717, 1.165) is 22.6 Å². The van der Waals surface area contributed by atoms with Crippen molar-refractivity contribution in [3.05, 3.63) is 65.9 Å². The molecule has 0 fully saturated rings. The lowest BCUT2D eigenvalue weighted by Crippen LogP contribution is -1.99. The number of hydrogen-bond acceptors (Lipinski definition) is 2. The van der Waals surface area contributed by atoms with Crippen LogP contribution in [0.3, 0.4) is 0 Å². The van der Waals surface area contributed by atoms with Crippen molar-refractivity contribution in [2.75, 3.05) is 0 Å². The van der Waals surface area contributed by atoms with Gasteiger partial charge in [0.15, 0.2) is 5.75 Å². The second-order valence-corrected chi connectivity index (χ2v) is 5.11. The molecule has 0 bridgehead atoms. The van der Waals surface area contributed by atoms with Gasteiger partial charge in [-0.25, -0.2) is 4.68 Å². The maximum atomic E-state index is 10.5. The predicted molar refractivity (Wildman–Crippen MR) is 84.8 cm³/mol. The molecule has 1 N–H and O–H groups in total. The van der Waals surface area contributed by atoms with E-state index in [0.29, 0.717) is 6.42 Å². The molecule has 0 spiro atoms. The summed E-state index contributed by atoms with van der Waals surface area (Å²) in [5.41, 5.74) is 4.57. The molecule has 1 heterocycles. The number of benzene rings is 2. The van der Waals surface area contributed by atoms with Crippen LogP contribution in [0.2, 0.25) is 0 Å². The molecule has 0 radical (unpaired) electrons. The minimum Gasteiger partial charge on any atom is -0.504 e. The van der Waals surface area contributed by atoms with Crippen molar-refractivity contribution in [3.8, 4) is 22.7 Å². The lowest BCUT2D eigenvalue weighted by Gasteiger charge is -2.08. The van der Waals surface area contributed by atoms with Gasteiger partial charge in [-0.05, 0) is 25.5 Å². The molecule has 0 aliphatic rings. The van der Waals surface area contributed by atoms with Crippen molar-refractivity contribution in [2.24, 2.45) is 0 Å². The third-order valence-corrected chi connectivity index (χ3v) is 3.59. The molecule has 3 nitrogen and oxygen atoms in total. The Kier molecular flexibility index (Phi) is 3.48. The topological polar surface area (TPSA) is 38.0 Å². The number of aromatic nitrogens is 2. The van der Waals surface area contributed by atoms with Crippen LogP contribution in [0.5, 0.6) is 5.75 Å². The first-order chi connectivity index (χ1) is 10.2. The summed E-state index contributed by atoms with van der Waals surface area (Å²) in [6.45, 7) is 4.05. The van der Waals surface area contributed by atoms with E-state index >= 15 is 0 Å². The van der Waals surface area contributed by atoms with Crippen molar-refractivity contribution >= 4 is 0 Å². The van der Waals surface area contributed by atoms with Gasteiger partial charge < -0.3 is 5.11 Å². The van der Waals surface area contributed by atoms with E-state index in [-0.39, 0.29) is 5.75 Å². The Hall–Kier alpha value is -2.55. The summed E-state index contributed by atoms with van der Waals surface area (Å²) in [5, 5.41) is 15.1. The van der Waals surface area contributed by atoms with Crippen LogP contribution in [-0.2, 0) is 6.42 Å². The molecule has 0 saturated heterocycles. The maximum absolute atomic E-state index is 10.5. The van der Waals surface area contributed by atoms with E-state index in [2.05, 4.69) is 12.0 Å². The largest absolute Gasteiger partial charge is 0.504 e. The standard InChI is InChI=1S/C18H18N2O/c1-3-16-18(21)17(14-11-9-13(2)10-12-14)20(19-16)15-7-5-4-6-8-15/h4-12,21H,3H2,1-2H3. The average molecular weight is 278 g/mol. The highest BCUT2D eigenvalue weighted by Gasteiger charge is 2.18. The molecule has 3 heteroatoms. The van der Waals surface area contributed by atoms with E-state index in [1.807, 2.05) is 66.2 Å². The summed E-state index contributed by atoms with van der Waals surface area (Å²) in [5.74, 6) is 0.269. The summed E-state index contributed by atoms with van der Waals surface area (Å²) in [7, 11) is 0. The number of hydrogen-bond donors (Lipinski definition) is 1. The van der Waals surface area contributed by atoms with Crippen LogP contribution >= 0.6 is 0 Å². The second kappa shape index (κ2) is 5.44. The molecular weight excluding hydrogens is 260 g/mol. The van der Waals surface area contributed by atoms with Gasteiger partial charge in [-0.1, -0.05) is 55.0 Å². The van der Waals surface area contributed by atoms with Gasteiger partial charge in [-0.3, -0.25) is 0 Å². The molecule has 0 aliphatic carbocycles. The third kappa shape index (κ3) is 2.42. The fraction of sp³-hybridized carbons (Fsp3) is 0.167. The van der Waals surface area contributed by atoms with E-state index in [1.165, 1.54) is 5.56 Å². The van der Waals surface area contributed by atoms with Crippen LogP contribution < -0.4 is 0 Å². The van der Waals surface area contributed by atoms with Crippen molar-refractivity contribution < 1.29 is 5.11 Å². The van der Waals surface area contributed by atoms with Crippen molar-refractivity contribution in [2.45, 2.75) is 20.3 Å². The SMILES string of the molecule is CCc1nn(-c2ccccc2)c(-c2ccc(C)cc2)c1O. The Labute approximate surface area is 124 Å². The molecule has 0 atom stereocenters. The number of aryl methyl sites for hydroxylation is 2. The van der Waals surface area contributed by atoms with E-state index in [1.54, 1.807) is 0 Å². The summed E-state index contributed by atoms with van der Waals surface area (Å²) in [4.78, 5) is 0. The van der Waals surface area contributed by atoms with E-state index in [4.69, 9.17) is 0 Å². The Bertz CT molecular complexity index is 743. The van der Waals surface area contributed by atoms with E-state index in [9.17, 15) is 5.11 Å². The first-order valence-corrected chi connectivity index (χ1v) is 7.14. The molecule has 0 saturated carbocycles. The fourth-order valence-electron chi connectivity index (χ4n) is 2.42. The van der Waals surface area contributed by atoms with Crippen molar-refractivity contribution in [3.63, 3.8) is 0 Å². The Balaban J connectivity index is 2.23. The molecule has 0 unspecified atom stereocenters. The van der Waals surface area contributed by atoms with Crippen LogP contribution in [0.4, 0.5) is 0 Å². The lowest BCUT2D eigenvalue weighted by molar-refractivity contribution is 0.471. The maximum Gasteiger partial charge on any atom is 0.165 e. The number of rotatable bonds is 3. The van der Waals surface area contributed by atoms with Gasteiger partial charge >= 0.3 is 0 Å². The molecule has 106 valence electrons. The van der Waals surface area contributed by atoms with Crippen molar-refractivity contribution in [1.82, 2.24) is 9.78 Å². The van der Waals surface area contributed by atoms with Gasteiger partial charge in [0.05, 0.1) is 5.69 Å². The summed E-state index contributed by atoms with van der Waals surface area (Å²) in [6, 6.07) is 18.0. The van der Waals surface area contributed by atoms with Crippen LogP contribution in [0.1, 0.15) is 18.2 Å². The monoisotopic (exact) mass is 278 g/mol. The second-order valence-electron chi connectivity index (χ2n) is 5.11. The van der Waals surface area contributed by atoms with Gasteiger partial charge in [-0.2, -0.15) is 5.10 Å². The van der Waals surface area contributed by atoms with Gasteiger partial charge in [0.1, 0.15) is 11.4 Å². The van der Waals surface area contributed by atoms with Crippen LogP contribution in [0.15, 0.2) is 54.6 Å². The molecule has 3 aromatic rings. The van der Waals surface area contributed by atoms with Gasteiger partial charge in [0.25, 0.3) is 0 Å². The average Bonchev–Trinajstić information content (AvgIpc) is 2.86. The summed E-state index contributed by atoms with van der Waals surface area (Å²) in [6.07, 6.45) is 0.699. The zero-order valence-electron chi connectivity index (χ0n) is 12.2. The first kappa shape index (κ1) is 13.4. The van der Waals surface area contributed by atoms with Crippen LogP contribution in [-0.4, -0.2) is 14.9 Å². The van der Waals surface area contributed by atoms with Gasteiger partial charge in [0, 0.05) is 5.56 Å². The molecule has 21 heavy (non-hydrogen) atoms. The summed E-state index contributed by atoms with van der Waals surface area (Å²) >= 11 is 0. The predicted octanol–water partition coefficient (Wildman–Crippen LogP) is 4.12. The molecule has 2 aromatic carbocycles. The molecule has 0 amide bonds. The van der Waals surface area contributed by atoms with Crippen molar-refractivity contribution in [1.29, 1.82) is 0 Å². The van der Waals surface area contributed by atoms with Crippen LogP contribution in [0.25, 0.3) is 16.9 Å². The van der Waals surface area contributed by atoms with Gasteiger partial charge in [0.2, 0.25) is 0 Å². The smallest absolute Gasteiger partial charge is 0.165 e. The minimum atomic E-state index is 0.269. The molecule has 0 aliphatic heterocycles.